The summed E-state index contributed by atoms with van der Waals surface area (Å²) in [4.78, 5) is 0.514. The van der Waals surface area contributed by atoms with Crippen LogP contribution in [0.2, 0.25) is 0 Å². The molecular formula is C13H19BrO2. The van der Waals surface area contributed by atoms with Gasteiger partial charge in [-0.25, -0.2) is 0 Å². The van der Waals surface area contributed by atoms with E-state index in [4.69, 9.17) is 9.47 Å². The van der Waals surface area contributed by atoms with E-state index in [9.17, 15) is 0 Å². The van der Waals surface area contributed by atoms with Gasteiger partial charge in [0, 0.05) is 10.9 Å². The van der Waals surface area contributed by atoms with E-state index in [1.807, 2.05) is 12.1 Å². The quantitative estimate of drug-likeness (QED) is 0.741. The number of ether oxygens (including phenoxy) is 2. The SMILES string of the molecule is CCCC(Br)Cc1ccc(OC)cc1OC. The number of hydrogen-bond donors (Lipinski definition) is 0. The fourth-order valence-corrected chi connectivity index (χ4v) is 2.48. The minimum Gasteiger partial charge on any atom is -0.497 e. The Morgan fingerprint density at radius 2 is 2.00 bits per heavy atom. The van der Waals surface area contributed by atoms with E-state index in [-0.39, 0.29) is 0 Å². The maximum atomic E-state index is 5.37. The van der Waals surface area contributed by atoms with Crippen molar-refractivity contribution >= 4 is 15.9 Å². The molecule has 0 N–H and O–H groups in total. The molecule has 1 rings (SSSR count). The van der Waals surface area contributed by atoms with Crippen molar-refractivity contribution in [3.63, 3.8) is 0 Å². The van der Waals surface area contributed by atoms with Gasteiger partial charge in [0.05, 0.1) is 14.2 Å². The first kappa shape index (κ1) is 13.4. The van der Waals surface area contributed by atoms with Gasteiger partial charge in [-0.3, -0.25) is 0 Å². The first-order valence-electron chi connectivity index (χ1n) is 5.56. The van der Waals surface area contributed by atoms with Crippen LogP contribution in [-0.2, 0) is 6.42 Å². The molecule has 0 spiro atoms. The fraction of sp³-hybridized carbons (Fsp3) is 0.538. The molecule has 90 valence electrons. The van der Waals surface area contributed by atoms with E-state index in [0.29, 0.717) is 4.83 Å². The molecule has 0 aliphatic carbocycles. The Labute approximate surface area is 106 Å². The zero-order chi connectivity index (χ0) is 12.0. The van der Waals surface area contributed by atoms with Crippen molar-refractivity contribution < 1.29 is 9.47 Å². The van der Waals surface area contributed by atoms with Crippen LogP contribution in [0.15, 0.2) is 18.2 Å². The minimum absolute atomic E-state index is 0.514. The first-order chi connectivity index (χ1) is 7.71. The Kier molecular flexibility index (Phi) is 5.67. The largest absolute Gasteiger partial charge is 0.497 e. The Balaban J connectivity index is 2.78. The van der Waals surface area contributed by atoms with Crippen LogP contribution >= 0.6 is 15.9 Å². The summed E-state index contributed by atoms with van der Waals surface area (Å²) < 4.78 is 10.5. The van der Waals surface area contributed by atoms with Gasteiger partial charge in [-0.2, -0.15) is 0 Å². The molecule has 0 saturated carbocycles. The van der Waals surface area contributed by atoms with Crippen molar-refractivity contribution in [3.05, 3.63) is 23.8 Å². The number of hydrogen-bond acceptors (Lipinski definition) is 2. The van der Waals surface area contributed by atoms with Crippen LogP contribution in [0.5, 0.6) is 11.5 Å². The topological polar surface area (TPSA) is 18.5 Å². The molecule has 16 heavy (non-hydrogen) atoms. The van der Waals surface area contributed by atoms with E-state index >= 15 is 0 Å². The number of methoxy groups -OCH3 is 2. The normalized spacial score (nSPS) is 12.2. The molecule has 2 nitrogen and oxygen atoms in total. The number of alkyl halides is 1. The van der Waals surface area contributed by atoms with Crippen molar-refractivity contribution in [1.29, 1.82) is 0 Å². The Bertz CT molecular complexity index is 326. The molecule has 0 aromatic heterocycles. The third-order valence-electron chi connectivity index (χ3n) is 2.54. The maximum absolute atomic E-state index is 5.37. The van der Waals surface area contributed by atoms with Crippen LogP contribution in [-0.4, -0.2) is 19.0 Å². The lowest BCUT2D eigenvalue weighted by atomic mass is 10.1. The second-order valence-electron chi connectivity index (χ2n) is 3.77. The maximum Gasteiger partial charge on any atom is 0.125 e. The van der Waals surface area contributed by atoms with E-state index in [1.54, 1.807) is 14.2 Å². The van der Waals surface area contributed by atoms with Crippen molar-refractivity contribution in [2.75, 3.05) is 14.2 Å². The Morgan fingerprint density at radius 3 is 2.56 bits per heavy atom. The fourth-order valence-electron chi connectivity index (χ4n) is 1.67. The molecule has 1 atom stereocenters. The zero-order valence-electron chi connectivity index (χ0n) is 10.1. The molecule has 0 fully saturated rings. The molecule has 1 unspecified atom stereocenters. The lowest BCUT2D eigenvalue weighted by Crippen LogP contribution is -2.04. The highest BCUT2D eigenvalue weighted by atomic mass is 79.9. The van der Waals surface area contributed by atoms with Crippen LogP contribution < -0.4 is 9.47 Å². The number of benzene rings is 1. The van der Waals surface area contributed by atoms with E-state index in [0.717, 1.165) is 17.9 Å². The average Bonchev–Trinajstić information content (AvgIpc) is 2.30. The zero-order valence-corrected chi connectivity index (χ0v) is 11.7. The molecule has 1 aromatic carbocycles. The van der Waals surface area contributed by atoms with Crippen LogP contribution in [0.1, 0.15) is 25.3 Å². The van der Waals surface area contributed by atoms with Crippen LogP contribution in [0.3, 0.4) is 0 Å². The molecule has 1 aromatic rings. The number of halogens is 1. The molecule has 0 radical (unpaired) electrons. The summed E-state index contributed by atoms with van der Waals surface area (Å²) in [7, 11) is 3.36. The third-order valence-corrected chi connectivity index (χ3v) is 3.32. The summed E-state index contributed by atoms with van der Waals surface area (Å²) in [6.45, 7) is 2.19. The first-order valence-corrected chi connectivity index (χ1v) is 6.47. The molecule has 0 aliphatic rings. The summed E-state index contributed by atoms with van der Waals surface area (Å²) in [5.74, 6) is 1.74. The van der Waals surface area contributed by atoms with E-state index < -0.39 is 0 Å². The van der Waals surface area contributed by atoms with Gasteiger partial charge in [-0.05, 0) is 24.5 Å². The predicted octanol–water partition coefficient (Wildman–Crippen LogP) is 3.81. The Morgan fingerprint density at radius 1 is 1.25 bits per heavy atom. The summed E-state index contributed by atoms with van der Waals surface area (Å²) in [5.41, 5.74) is 1.22. The van der Waals surface area contributed by atoms with Crippen LogP contribution in [0.4, 0.5) is 0 Å². The van der Waals surface area contributed by atoms with Gasteiger partial charge in [-0.15, -0.1) is 0 Å². The minimum atomic E-state index is 0.514. The summed E-state index contributed by atoms with van der Waals surface area (Å²) in [6, 6.07) is 5.98. The van der Waals surface area contributed by atoms with Gasteiger partial charge >= 0.3 is 0 Å². The second-order valence-corrected chi connectivity index (χ2v) is 5.06. The molecule has 0 heterocycles. The lowest BCUT2D eigenvalue weighted by molar-refractivity contribution is 0.390. The van der Waals surface area contributed by atoms with Crippen molar-refractivity contribution in [3.8, 4) is 11.5 Å². The summed E-state index contributed by atoms with van der Waals surface area (Å²) in [6.07, 6.45) is 3.35. The van der Waals surface area contributed by atoms with Gasteiger partial charge in [-0.1, -0.05) is 35.3 Å². The third kappa shape index (κ3) is 3.71. The molecule has 0 aliphatic heterocycles. The predicted molar refractivity (Wildman–Crippen MR) is 70.9 cm³/mol. The molecule has 0 bridgehead atoms. The van der Waals surface area contributed by atoms with Gasteiger partial charge < -0.3 is 9.47 Å². The van der Waals surface area contributed by atoms with Gasteiger partial charge in [0.1, 0.15) is 11.5 Å². The van der Waals surface area contributed by atoms with Crippen molar-refractivity contribution in [1.82, 2.24) is 0 Å². The monoisotopic (exact) mass is 286 g/mol. The smallest absolute Gasteiger partial charge is 0.125 e. The van der Waals surface area contributed by atoms with Gasteiger partial charge in [0.25, 0.3) is 0 Å². The molecule has 3 heteroatoms. The number of rotatable bonds is 6. The highest BCUT2D eigenvalue weighted by Gasteiger charge is 2.10. The Hall–Kier alpha value is -0.700. The van der Waals surface area contributed by atoms with E-state index in [2.05, 4.69) is 28.9 Å². The molecule has 0 saturated heterocycles. The second kappa shape index (κ2) is 6.79. The summed E-state index contributed by atoms with van der Waals surface area (Å²) >= 11 is 3.69. The van der Waals surface area contributed by atoms with Gasteiger partial charge in [0.15, 0.2) is 0 Å². The lowest BCUT2D eigenvalue weighted by Gasteiger charge is -2.13. The van der Waals surface area contributed by atoms with Gasteiger partial charge in [0.2, 0.25) is 0 Å². The van der Waals surface area contributed by atoms with E-state index in [1.165, 1.54) is 18.4 Å². The average molecular weight is 287 g/mol. The highest BCUT2D eigenvalue weighted by Crippen LogP contribution is 2.27. The van der Waals surface area contributed by atoms with Crippen molar-refractivity contribution in [2.45, 2.75) is 31.0 Å². The highest BCUT2D eigenvalue weighted by molar-refractivity contribution is 9.09. The summed E-state index contributed by atoms with van der Waals surface area (Å²) in [5, 5.41) is 0. The molecular weight excluding hydrogens is 268 g/mol. The van der Waals surface area contributed by atoms with Crippen molar-refractivity contribution in [2.24, 2.45) is 0 Å². The van der Waals surface area contributed by atoms with Crippen LogP contribution in [0.25, 0.3) is 0 Å². The molecule has 0 amide bonds. The van der Waals surface area contributed by atoms with Crippen LogP contribution in [0, 0.1) is 0 Å². The standard InChI is InChI=1S/C13H19BrO2/c1-4-5-11(14)8-10-6-7-12(15-2)9-13(10)16-3/h6-7,9,11H,4-5,8H2,1-3H3.